The minimum absolute atomic E-state index is 0.00581. The molecule has 1 fully saturated rings. The molecule has 152 valence electrons. The Kier molecular flexibility index (Phi) is 5.45. The van der Waals surface area contributed by atoms with Crippen LogP contribution in [0.5, 0.6) is 0 Å². The minimum atomic E-state index is -3.69. The first-order chi connectivity index (χ1) is 13.9. The van der Waals surface area contributed by atoms with Crippen LogP contribution >= 0.6 is 0 Å². The largest absolute Gasteiger partial charge is 0.243 e. The van der Waals surface area contributed by atoms with Gasteiger partial charge in [-0.15, -0.1) is 0 Å². The molecule has 1 aliphatic heterocycles. The van der Waals surface area contributed by atoms with E-state index in [9.17, 15) is 8.42 Å². The summed E-state index contributed by atoms with van der Waals surface area (Å²) in [6, 6.07) is 14.2. The van der Waals surface area contributed by atoms with Crippen LogP contribution in [0.15, 0.2) is 70.6 Å². The Bertz CT molecular complexity index is 1080. The third-order valence-electron chi connectivity index (χ3n) is 5.89. The fourth-order valence-corrected chi connectivity index (χ4v) is 5.69. The van der Waals surface area contributed by atoms with Crippen LogP contribution in [-0.4, -0.2) is 25.8 Å². The summed E-state index contributed by atoms with van der Waals surface area (Å²) >= 11 is 0. The Morgan fingerprint density at radius 3 is 2.52 bits per heavy atom. The maximum absolute atomic E-state index is 15.6. The van der Waals surface area contributed by atoms with E-state index in [0.29, 0.717) is 17.7 Å². The molecule has 0 spiro atoms. The lowest BCUT2D eigenvalue weighted by Gasteiger charge is -2.38. The predicted molar refractivity (Wildman–Crippen MR) is 115 cm³/mol. The van der Waals surface area contributed by atoms with E-state index < -0.39 is 10.0 Å². The molecule has 1 aliphatic carbocycles. The Hall–Kier alpha value is -2.24. The molecular formula is C24H26FNO2S. The number of sulfonamides is 1. The van der Waals surface area contributed by atoms with Crippen molar-refractivity contribution in [3.63, 3.8) is 0 Å². The standard InChI is InChI=1S/C24H26FNO2S/c1-17-10-12-21(13-11-17)29(27,28)26-15-20-7-3-4-9-22(20)23(16-26)24(25)19-8-5-6-18(2)14-19/h5-8,10-14,22H,3-4,9,15-16H2,1-2H3/b24-23+/t22-/m0/s1. The van der Waals surface area contributed by atoms with Crippen molar-refractivity contribution in [3.8, 4) is 0 Å². The molecule has 0 aromatic heterocycles. The van der Waals surface area contributed by atoms with E-state index in [4.69, 9.17) is 0 Å². The van der Waals surface area contributed by atoms with Gasteiger partial charge < -0.3 is 0 Å². The van der Waals surface area contributed by atoms with Gasteiger partial charge in [0.1, 0.15) is 5.83 Å². The molecule has 1 heterocycles. The number of hydrogen-bond donors (Lipinski definition) is 0. The molecule has 29 heavy (non-hydrogen) atoms. The van der Waals surface area contributed by atoms with Crippen molar-refractivity contribution in [2.45, 2.75) is 38.0 Å². The van der Waals surface area contributed by atoms with Crippen LogP contribution in [0, 0.1) is 19.8 Å². The molecule has 2 aromatic rings. The third-order valence-corrected chi connectivity index (χ3v) is 7.70. The lowest BCUT2D eigenvalue weighted by atomic mass is 9.79. The van der Waals surface area contributed by atoms with Gasteiger partial charge in [0.2, 0.25) is 10.0 Å². The second-order valence-corrected chi connectivity index (χ2v) is 10.00. The molecule has 0 N–H and O–H groups in total. The van der Waals surface area contributed by atoms with Crippen LogP contribution < -0.4 is 0 Å². The smallest absolute Gasteiger partial charge is 0.207 e. The molecule has 0 unspecified atom stereocenters. The van der Waals surface area contributed by atoms with Crippen LogP contribution in [0.25, 0.3) is 5.83 Å². The molecule has 0 amide bonds. The number of halogens is 1. The van der Waals surface area contributed by atoms with Crippen molar-refractivity contribution in [1.82, 2.24) is 4.31 Å². The number of hydrogen-bond acceptors (Lipinski definition) is 2. The van der Waals surface area contributed by atoms with Crippen LogP contribution in [0.4, 0.5) is 4.39 Å². The summed E-state index contributed by atoms with van der Waals surface area (Å²) < 4.78 is 43.6. The van der Waals surface area contributed by atoms with E-state index in [1.54, 1.807) is 30.3 Å². The molecule has 1 atom stereocenters. The van der Waals surface area contributed by atoms with Crippen LogP contribution in [-0.2, 0) is 10.0 Å². The Labute approximate surface area is 172 Å². The quantitative estimate of drug-likeness (QED) is 0.633. The average Bonchev–Trinajstić information content (AvgIpc) is 2.72. The zero-order chi connectivity index (χ0) is 20.6. The fourth-order valence-electron chi connectivity index (χ4n) is 4.29. The molecule has 0 saturated carbocycles. The number of aryl methyl sites for hydroxylation is 2. The SMILES string of the molecule is Cc1ccc(S(=O)(=O)N2CC3=CCCC[C@@H]3/C(=C(/F)c3cccc(C)c3)C2)cc1. The van der Waals surface area contributed by atoms with Gasteiger partial charge in [-0.2, -0.15) is 4.31 Å². The Balaban J connectivity index is 1.78. The van der Waals surface area contributed by atoms with Gasteiger partial charge >= 0.3 is 0 Å². The summed E-state index contributed by atoms with van der Waals surface area (Å²) in [5.41, 5.74) is 4.13. The number of allylic oxidation sites excluding steroid dienone is 1. The number of nitrogens with zero attached hydrogens (tertiary/aromatic N) is 1. The van der Waals surface area contributed by atoms with Crippen molar-refractivity contribution in [2.24, 2.45) is 5.92 Å². The molecule has 2 aliphatic rings. The molecule has 4 rings (SSSR count). The maximum atomic E-state index is 15.6. The predicted octanol–water partition coefficient (Wildman–Crippen LogP) is 5.42. The molecule has 2 aromatic carbocycles. The highest BCUT2D eigenvalue weighted by atomic mass is 32.2. The summed E-state index contributed by atoms with van der Waals surface area (Å²) in [6.07, 6.45) is 4.90. The average molecular weight is 412 g/mol. The van der Waals surface area contributed by atoms with Crippen LogP contribution in [0.2, 0.25) is 0 Å². The Morgan fingerprint density at radius 2 is 1.79 bits per heavy atom. The topological polar surface area (TPSA) is 37.4 Å². The first kappa shape index (κ1) is 20.0. The van der Waals surface area contributed by atoms with Crippen LogP contribution in [0.1, 0.15) is 36.0 Å². The lowest BCUT2D eigenvalue weighted by Crippen LogP contribution is -2.42. The van der Waals surface area contributed by atoms with E-state index in [1.807, 2.05) is 32.0 Å². The minimum Gasteiger partial charge on any atom is -0.207 e. The zero-order valence-corrected chi connectivity index (χ0v) is 17.7. The number of fused-ring (bicyclic) bond motifs is 1. The van der Waals surface area contributed by atoms with Crippen molar-refractivity contribution in [2.75, 3.05) is 13.1 Å². The maximum Gasteiger partial charge on any atom is 0.243 e. The van der Waals surface area contributed by atoms with E-state index in [-0.39, 0.29) is 23.2 Å². The van der Waals surface area contributed by atoms with Gasteiger partial charge in [0, 0.05) is 24.6 Å². The summed E-state index contributed by atoms with van der Waals surface area (Å²) in [6.45, 7) is 4.29. The van der Waals surface area contributed by atoms with Crippen molar-refractivity contribution in [3.05, 3.63) is 82.4 Å². The second-order valence-electron chi connectivity index (χ2n) is 8.06. The van der Waals surface area contributed by atoms with Gasteiger partial charge in [0.25, 0.3) is 0 Å². The summed E-state index contributed by atoms with van der Waals surface area (Å²) in [7, 11) is -3.69. The molecule has 5 heteroatoms. The van der Waals surface area contributed by atoms with Crippen molar-refractivity contribution >= 4 is 15.9 Å². The van der Waals surface area contributed by atoms with Crippen molar-refractivity contribution in [1.29, 1.82) is 0 Å². The van der Waals surface area contributed by atoms with Gasteiger partial charge in [0.05, 0.1) is 4.90 Å². The highest BCUT2D eigenvalue weighted by Gasteiger charge is 2.37. The highest BCUT2D eigenvalue weighted by Crippen LogP contribution is 2.41. The van der Waals surface area contributed by atoms with Gasteiger partial charge in [-0.1, -0.05) is 53.1 Å². The molecule has 0 radical (unpaired) electrons. The van der Waals surface area contributed by atoms with E-state index in [0.717, 1.165) is 36.0 Å². The lowest BCUT2D eigenvalue weighted by molar-refractivity contribution is 0.379. The van der Waals surface area contributed by atoms with E-state index in [1.165, 1.54) is 4.31 Å². The summed E-state index contributed by atoms with van der Waals surface area (Å²) in [4.78, 5) is 0.258. The van der Waals surface area contributed by atoms with E-state index in [2.05, 4.69) is 6.08 Å². The first-order valence-electron chi connectivity index (χ1n) is 10.1. The first-order valence-corrected chi connectivity index (χ1v) is 11.5. The third kappa shape index (κ3) is 3.94. The number of rotatable bonds is 3. The van der Waals surface area contributed by atoms with Gasteiger partial charge in [-0.25, -0.2) is 12.8 Å². The number of piperidine rings is 1. The molecule has 0 bridgehead atoms. The van der Waals surface area contributed by atoms with Gasteiger partial charge in [0.15, 0.2) is 0 Å². The highest BCUT2D eigenvalue weighted by molar-refractivity contribution is 7.89. The Morgan fingerprint density at radius 1 is 1.03 bits per heavy atom. The van der Waals surface area contributed by atoms with Gasteiger partial charge in [-0.05, 0) is 56.9 Å². The normalized spacial score (nSPS) is 22.0. The zero-order valence-electron chi connectivity index (χ0n) is 16.9. The van der Waals surface area contributed by atoms with Gasteiger partial charge in [-0.3, -0.25) is 0 Å². The van der Waals surface area contributed by atoms with Crippen molar-refractivity contribution < 1.29 is 12.8 Å². The van der Waals surface area contributed by atoms with Crippen LogP contribution in [0.3, 0.4) is 0 Å². The second kappa shape index (κ2) is 7.88. The molecule has 1 saturated heterocycles. The fraction of sp³-hybridized carbons (Fsp3) is 0.333. The number of benzene rings is 2. The monoisotopic (exact) mass is 411 g/mol. The summed E-state index contributed by atoms with van der Waals surface area (Å²) in [5.74, 6) is -0.288. The molecule has 3 nitrogen and oxygen atoms in total. The summed E-state index contributed by atoms with van der Waals surface area (Å²) in [5, 5.41) is 0. The van der Waals surface area contributed by atoms with E-state index >= 15 is 4.39 Å². The molecular weight excluding hydrogens is 385 g/mol.